The number of carbonyl (C=O) groups excluding carboxylic acids is 2. The number of unbranched alkanes of at least 4 members (excludes halogenated alkanes) is 1. The Morgan fingerprint density at radius 1 is 0.714 bits per heavy atom. The number of urea groups is 1. The Hall–Kier alpha value is -3.34. The van der Waals surface area contributed by atoms with Crippen LogP contribution in [-0.2, 0) is 4.79 Å². The van der Waals surface area contributed by atoms with E-state index in [-0.39, 0.29) is 11.9 Å². The third-order valence-corrected chi connectivity index (χ3v) is 7.44. The summed E-state index contributed by atoms with van der Waals surface area (Å²) in [6.07, 6.45) is 29.3. The predicted octanol–water partition coefficient (Wildman–Crippen LogP) is 9.53. The molecule has 230 valence electrons. The van der Waals surface area contributed by atoms with E-state index in [2.05, 4.69) is 119 Å². The highest BCUT2D eigenvalue weighted by atomic mass is 16.2. The van der Waals surface area contributed by atoms with Crippen LogP contribution in [0.15, 0.2) is 79.0 Å². The number of nitrogens with zero attached hydrogens (tertiary/aromatic N) is 2. The number of rotatable bonds is 16. The number of para-hydroxylation sites is 1. The molecule has 0 aromatic heterocycles. The van der Waals surface area contributed by atoms with Gasteiger partial charge in [0.2, 0.25) is 5.91 Å². The molecule has 0 bridgehead atoms. The number of carbonyl (C=O) groups is 2. The first-order chi connectivity index (χ1) is 20.3. The van der Waals surface area contributed by atoms with Gasteiger partial charge in [-0.25, -0.2) is 4.79 Å². The van der Waals surface area contributed by atoms with Gasteiger partial charge in [0, 0.05) is 38.3 Å². The average Bonchev–Trinajstić information content (AvgIpc) is 2.98. The van der Waals surface area contributed by atoms with Gasteiger partial charge >= 0.3 is 6.03 Å². The van der Waals surface area contributed by atoms with Crippen LogP contribution in [0.3, 0.4) is 0 Å². The van der Waals surface area contributed by atoms with Gasteiger partial charge in [-0.05, 0) is 67.9 Å². The number of hydrogen-bond donors (Lipinski definition) is 1. The molecule has 2 rings (SSSR count). The van der Waals surface area contributed by atoms with Gasteiger partial charge in [0.25, 0.3) is 0 Å². The summed E-state index contributed by atoms with van der Waals surface area (Å²) in [6, 6.07) is 6.20. The van der Waals surface area contributed by atoms with Crippen molar-refractivity contribution in [3.63, 3.8) is 0 Å². The van der Waals surface area contributed by atoms with Gasteiger partial charge in [-0.1, -0.05) is 114 Å². The number of hydrogen-bond acceptors (Lipinski definition) is 2. The second-order valence-corrected chi connectivity index (χ2v) is 11.5. The van der Waals surface area contributed by atoms with Gasteiger partial charge in [-0.15, -0.1) is 0 Å². The molecule has 1 fully saturated rings. The largest absolute Gasteiger partial charge is 0.339 e. The lowest BCUT2D eigenvalue weighted by molar-refractivity contribution is -0.132. The lowest BCUT2D eigenvalue weighted by atomic mass is 9.93. The molecular formula is C37H55N3O2. The molecule has 1 saturated heterocycles. The SMILES string of the molecule is CCC=CCC=CCC=CCC=CCC=CCCCC(=O)N1CCN(C(=O)Nc2c(C(C)C)cccc2C(C)C)CC1. The molecule has 0 aliphatic carbocycles. The summed E-state index contributed by atoms with van der Waals surface area (Å²) in [5, 5.41) is 3.21. The predicted molar refractivity (Wildman–Crippen MR) is 180 cm³/mol. The molecule has 1 N–H and O–H groups in total. The Labute approximate surface area is 256 Å². The van der Waals surface area contributed by atoms with Crippen molar-refractivity contribution in [1.29, 1.82) is 0 Å². The molecule has 0 saturated carbocycles. The van der Waals surface area contributed by atoms with Crippen molar-refractivity contribution < 1.29 is 9.59 Å². The maximum Gasteiger partial charge on any atom is 0.321 e. The highest BCUT2D eigenvalue weighted by Crippen LogP contribution is 2.32. The van der Waals surface area contributed by atoms with E-state index in [1.165, 1.54) is 0 Å². The van der Waals surface area contributed by atoms with Crippen LogP contribution in [0.2, 0.25) is 0 Å². The Balaban J connectivity index is 1.62. The van der Waals surface area contributed by atoms with Crippen molar-refractivity contribution in [2.24, 2.45) is 0 Å². The van der Waals surface area contributed by atoms with Crippen molar-refractivity contribution in [3.8, 4) is 0 Å². The number of amides is 3. The summed E-state index contributed by atoms with van der Waals surface area (Å²) in [5.41, 5.74) is 3.27. The zero-order valence-corrected chi connectivity index (χ0v) is 26.9. The third kappa shape index (κ3) is 13.1. The summed E-state index contributed by atoms with van der Waals surface area (Å²) in [5.74, 6) is 0.834. The summed E-state index contributed by atoms with van der Waals surface area (Å²) in [7, 11) is 0. The highest BCUT2D eigenvalue weighted by Gasteiger charge is 2.25. The molecule has 5 heteroatoms. The summed E-state index contributed by atoms with van der Waals surface area (Å²) < 4.78 is 0. The van der Waals surface area contributed by atoms with Crippen LogP contribution in [-0.4, -0.2) is 47.9 Å². The Kier molecular flexibility index (Phi) is 17.0. The van der Waals surface area contributed by atoms with E-state index in [4.69, 9.17) is 0 Å². The minimum atomic E-state index is -0.0736. The van der Waals surface area contributed by atoms with Crippen LogP contribution in [0.1, 0.15) is 109 Å². The first kappa shape index (κ1) is 34.9. The van der Waals surface area contributed by atoms with E-state index in [0.29, 0.717) is 44.4 Å². The van der Waals surface area contributed by atoms with Crippen molar-refractivity contribution in [3.05, 3.63) is 90.1 Å². The molecule has 0 unspecified atom stereocenters. The Morgan fingerprint density at radius 2 is 1.17 bits per heavy atom. The van der Waals surface area contributed by atoms with Crippen LogP contribution >= 0.6 is 0 Å². The molecule has 5 nitrogen and oxygen atoms in total. The van der Waals surface area contributed by atoms with E-state index in [1.54, 1.807) is 0 Å². The molecule has 1 aromatic carbocycles. The van der Waals surface area contributed by atoms with E-state index < -0.39 is 0 Å². The maximum atomic E-state index is 13.1. The van der Waals surface area contributed by atoms with Gasteiger partial charge in [-0.2, -0.15) is 0 Å². The van der Waals surface area contributed by atoms with E-state index >= 15 is 0 Å². The monoisotopic (exact) mass is 573 g/mol. The normalized spacial score (nSPS) is 14.7. The minimum absolute atomic E-state index is 0.0736. The molecule has 1 aromatic rings. The fourth-order valence-corrected chi connectivity index (χ4v) is 4.94. The summed E-state index contributed by atoms with van der Waals surface area (Å²) in [4.78, 5) is 29.6. The van der Waals surface area contributed by atoms with Gasteiger partial charge < -0.3 is 15.1 Å². The number of nitrogens with one attached hydrogen (secondary N) is 1. The summed E-state index contributed by atoms with van der Waals surface area (Å²) in [6.45, 7) is 13.1. The third-order valence-electron chi connectivity index (χ3n) is 7.44. The molecule has 3 amide bonds. The van der Waals surface area contributed by atoms with Gasteiger partial charge in [0.15, 0.2) is 0 Å². The summed E-state index contributed by atoms with van der Waals surface area (Å²) >= 11 is 0. The molecule has 1 aliphatic heterocycles. The lowest BCUT2D eigenvalue weighted by Gasteiger charge is -2.35. The van der Waals surface area contributed by atoms with E-state index in [0.717, 1.165) is 61.8 Å². The molecule has 0 atom stereocenters. The van der Waals surface area contributed by atoms with Crippen molar-refractivity contribution in [2.45, 2.75) is 97.8 Å². The van der Waals surface area contributed by atoms with Gasteiger partial charge in [0.05, 0.1) is 0 Å². The van der Waals surface area contributed by atoms with Crippen molar-refractivity contribution in [1.82, 2.24) is 9.80 Å². The van der Waals surface area contributed by atoms with E-state index in [1.807, 2.05) is 9.80 Å². The first-order valence-corrected chi connectivity index (χ1v) is 16.1. The zero-order chi connectivity index (χ0) is 30.6. The molecule has 1 aliphatic rings. The Morgan fingerprint density at radius 3 is 1.64 bits per heavy atom. The maximum absolute atomic E-state index is 13.1. The molecular weight excluding hydrogens is 518 g/mol. The van der Waals surface area contributed by atoms with Gasteiger partial charge in [0.1, 0.15) is 0 Å². The Bertz CT molecular complexity index is 1060. The lowest BCUT2D eigenvalue weighted by Crippen LogP contribution is -2.51. The second-order valence-electron chi connectivity index (χ2n) is 11.5. The quantitative estimate of drug-likeness (QED) is 0.158. The molecule has 42 heavy (non-hydrogen) atoms. The fraction of sp³-hybridized carbons (Fsp3) is 0.514. The van der Waals surface area contributed by atoms with Crippen molar-refractivity contribution >= 4 is 17.6 Å². The number of allylic oxidation sites excluding steroid dienone is 10. The zero-order valence-electron chi connectivity index (χ0n) is 26.9. The van der Waals surface area contributed by atoms with Crippen LogP contribution in [0.4, 0.5) is 10.5 Å². The van der Waals surface area contributed by atoms with Crippen LogP contribution < -0.4 is 5.32 Å². The van der Waals surface area contributed by atoms with Crippen LogP contribution in [0, 0.1) is 0 Å². The molecule has 1 heterocycles. The van der Waals surface area contributed by atoms with Crippen LogP contribution in [0.5, 0.6) is 0 Å². The standard InChI is InChI=1S/C37H55N3O2/c1-6-7-8-9-10-11-12-13-14-15-16-17-18-19-20-21-22-26-35(41)39-27-29-40(30-28-39)37(42)38-36-33(31(2)3)24-23-25-34(36)32(4)5/h7-8,10-11,13-14,16-17,19-20,23-25,31-32H,6,9,12,15,18,21-22,26-30H2,1-5H3,(H,38,42). The number of benzene rings is 1. The number of piperazine rings is 1. The van der Waals surface area contributed by atoms with Crippen LogP contribution in [0.25, 0.3) is 0 Å². The fourth-order valence-electron chi connectivity index (χ4n) is 4.94. The minimum Gasteiger partial charge on any atom is -0.339 e. The number of anilines is 1. The smallest absolute Gasteiger partial charge is 0.321 e. The average molecular weight is 574 g/mol. The van der Waals surface area contributed by atoms with E-state index in [9.17, 15) is 9.59 Å². The molecule has 0 spiro atoms. The second kappa shape index (κ2) is 20.5. The highest BCUT2D eigenvalue weighted by molar-refractivity contribution is 5.91. The first-order valence-electron chi connectivity index (χ1n) is 16.1. The van der Waals surface area contributed by atoms with Gasteiger partial charge in [-0.3, -0.25) is 4.79 Å². The van der Waals surface area contributed by atoms with Crippen molar-refractivity contribution in [2.75, 3.05) is 31.5 Å². The molecule has 0 radical (unpaired) electrons. The topological polar surface area (TPSA) is 52.7 Å².